The molecule has 7 heteroatoms. The van der Waals surface area contributed by atoms with Crippen LogP contribution in [0.4, 0.5) is 4.39 Å². The molecule has 0 atom stereocenters. The maximum Gasteiger partial charge on any atom is 0.220 e. The number of rotatable bonds is 7. The number of hydrogen-bond donors (Lipinski definition) is 2. The number of aryl methyl sites for hydroxylation is 2. The van der Waals surface area contributed by atoms with Crippen molar-refractivity contribution in [1.29, 1.82) is 0 Å². The second kappa shape index (κ2) is 7.78. The van der Waals surface area contributed by atoms with Crippen LogP contribution in [0.25, 0.3) is 0 Å². The molecule has 0 saturated heterocycles. The molecule has 0 bridgehead atoms. The topological polar surface area (TPSA) is 70.7 Å². The van der Waals surface area contributed by atoms with E-state index in [1.54, 1.807) is 18.2 Å². The van der Waals surface area contributed by atoms with E-state index in [2.05, 4.69) is 20.5 Å². The second-order valence-electron chi connectivity index (χ2n) is 4.49. The SMILES string of the molecule is Cc1nc(SCCNC(=O)CCc2ccccc2F)n[nH]1. The molecule has 0 aliphatic rings. The molecule has 2 N–H and O–H groups in total. The Morgan fingerprint density at radius 3 is 2.95 bits per heavy atom. The van der Waals surface area contributed by atoms with Crippen LogP contribution < -0.4 is 5.32 Å². The quantitative estimate of drug-likeness (QED) is 0.607. The minimum absolute atomic E-state index is 0.0787. The number of aromatic nitrogens is 3. The summed E-state index contributed by atoms with van der Waals surface area (Å²) >= 11 is 1.47. The van der Waals surface area contributed by atoms with Gasteiger partial charge in [-0.1, -0.05) is 30.0 Å². The first kappa shape index (κ1) is 15.5. The van der Waals surface area contributed by atoms with Gasteiger partial charge in [-0.25, -0.2) is 9.37 Å². The summed E-state index contributed by atoms with van der Waals surface area (Å²) in [6.07, 6.45) is 0.692. The van der Waals surface area contributed by atoms with Gasteiger partial charge < -0.3 is 5.32 Å². The van der Waals surface area contributed by atoms with Crippen LogP contribution in [0.5, 0.6) is 0 Å². The Kier molecular flexibility index (Phi) is 5.74. The number of H-pyrrole nitrogens is 1. The van der Waals surface area contributed by atoms with Gasteiger partial charge in [-0.2, -0.15) is 0 Å². The van der Waals surface area contributed by atoms with E-state index in [4.69, 9.17) is 0 Å². The van der Waals surface area contributed by atoms with E-state index < -0.39 is 0 Å². The van der Waals surface area contributed by atoms with Crippen LogP contribution in [-0.2, 0) is 11.2 Å². The normalized spacial score (nSPS) is 10.6. The van der Waals surface area contributed by atoms with E-state index in [-0.39, 0.29) is 18.1 Å². The van der Waals surface area contributed by atoms with E-state index in [1.165, 1.54) is 17.8 Å². The first-order valence-corrected chi connectivity index (χ1v) is 7.65. The maximum absolute atomic E-state index is 13.4. The smallest absolute Gasteiger partial charge is 0.220 e. The number of hydrogen-bond acceptors (Lipinski definition) is 4. The lowest BCUT2D eigenvalue weighted by Crippen LogP contribution is -2.26. The van der Waals surface area contributed by atoms with Crippen molar-refractivity contribution < 1.29 is 9.18 Å². The average Bonchev–Trinajstić information content (AvgIpc) is 2.88. The maximum atomic E-state index is 13.4. The highest BCUT2D eigenvalue weighted by molar-refractivity contribution is 7.99. The molecule has 0 spiro atoms. The third kappa shape index (κ3) is 5.18. The van der Waals surface area contributed by atoms with Crippen molar-refractivity contribution in [1.82, 2.24) is 20.5 Å². The van der Waals surface area contributed by atoms with Gasteiger partial charge in [0, 0.05) is 18.7 Å². The number of thioether (sulfide) groups is 1. The minimum Gasteiger partial charge on any atom is -0.355 e. The number of nitrogens with one attached hydrogen (secondary N) is 2. The molecule has 2 aromatic rings. The molecule has 1 aromatic carbocycles. The van der Waals surface area contributed by atoms with Crippen molar-refractivity contribution in [2.75, 3.05) is 12.3 Å². The summed E-state index contributed by atoms with van der Waals surface area (Å²) in [6, 6.07) is 6.51. The molecular formula is C14H17FN4OS. The summed E-state index contributed by atoms with van der Waals surface area (Å²) in [5.74, 6) is 1.13. The molecule has 5 nitrogen and oxygen atoms in total. The molecular weight excluding hydrogens is 291 g/mol. The van der Waals surface area contributed by atoms with E-state index in [9.17, 15) is 9.18 Å². The van der Waals surface area contributed by atoms with Crippen LogP contribution in [0.15, 0.2) is 29.4 Å². The summed E-state index contributed by atoms with van der Waals surface area (Å²) in [5, 5.41) is 10.2. The molecule has 0 fully saturated rings. The Morgan fingerprint density at radius 2 is 2.24 bits per heavy atom. The van der Waals surface area contributed by atoms with Crippen molar-refractivity contribution in [3.63, 3.8) is 0 Å². The third-order valence-corrected chi connectivity index (χ3v) is 3.66. The molecule has 1 aromatic heterocycles. The summed E-state index contributed by atoms with van der Waals surface area (Å²) in [7, 11) is 0. The molecule has 0 aliphatic heterocycles. The fraction of sp³-hybridized carbons (Fsp3) is 0.357. The standard InChI is InChI=1S/C14H17FN4OS/c1-10-17-14(19-18-10)21-9-8-16-13(20)7-6-11-4-2-3-5-12(11)15/h2-5H,6-9H2,1H3,(H,16,20)(H,17,18,19). The number of nitrogens with zero attached hydrogens (tertiary/aromatic N) is 2. The zero-order chi connectivity index (χ0) is 15.1. The highest BCUT2D eigenvalue weighted by Gasteiger charge is 2.06. The van der Waals surface area contributed by atoms with Gasteiger partial charge >= 0.3 is 0 Å². The van der Waals surface area contributed by atoms with Crippen molar-refractivity contribution in [3.8, 4) is 0 Å². The van der Waals surface area contributed by atoms with Crippen LogP contribution in [-0.4, -0.2) is 33.4 Å². The van der Waals surface area contributed by atoms with Gasteiger partial charge in [-0.05, 0) is 25.0 Å². The minimum atomic E-state index is -0.263. The lowest BCUT2D eigenvalue weighted by atomic mass is 10.1. The molecule has 1 heterocycles. The van der Waals surface area contributed by atoms with Crippen LogP contribution in [0, 0.1) is 12.7 Å². The number of benzene rings is 1. The van der Waals surface area contributed by atoms with E-state index >= 15 is 0 Å². The van der Waals surface area contributed by atoms with Crippen LogP contribution >= 0.6 is 11.8 Å². The molecule has 0 saturated carbocycles. The highest BCUT2D eigenvalue weighted by Crippen LogP contribution is 2.11. The second-order valence-corrected chi connectivity index (χ2v) is 5.56. The highest BCUT2D eigenvalue weighted by atomic mass is 32.2. The molecule has 0 radical (unpaired) electrons. The van der Waals surface area contributed by atoms with Gasteiger partial charge in [0.1, 0.15) is 11.6 Å². The fourth-order valence-electron chi connectivity index (χ4n) is 1.76. The van der Waals surface area contributed by atoms with Gasteiger partial charge in [0.05, 0.1) is 0 Å². The van der Waals surface area contributed by atoms with E-state index in [0.29, 0.717) is 29.4 Å². The predicted octanol–water partition coefficient (Wildman–Crippen LogP) is 2.09. The molecule has 21 heavy (non-hydrogen) atoms. The van der Waals surface area contributed by atoms with Gasteiger partial charge in [0.2, 0.25) is 11.1 Å². The van der Waals surface area contributed by atoms with Gasteiger partial charge in [-0.15, -0.1) is 5.10 Å². The van der Waals surface area contributed by atoms with Gasteiger partial charge in [0.15, 0.2) is 0 Å². The Balaban J connectivity index is 1.63. The zero-order valence-electron chi connectivity index (χ0n) is 11.7. The predicted molar refractivity (Wildman–Crippen MR) is 79.6 cm³/mol. The van der Waals surface area contributed by atoms with Crippen molar-refractivity contribution >= 4 is 17.7 Å². The summed E-state index contributed by atoms with van der Waals surface area (Å²) in [6.45, 7) is 2.37. The van der Waals surface area contributed by atoms with Crippen molar-refractivity contribution in [2.45, 2.75) is 24.9 Å². The molecule has 112 valence electrons. The van der Waals surface area contributed by atoms with Crippen molar-refractivity contribution in [2.24, 2.45) is 0 Å². The van der Waals surface area contributed by atoms with Crippen molar-refractivity contribution in [3.05, 3.63) is 41.5 Å². The first-order chi connectivity index (χ1) is 10.1. The summed E-state index contributed by atoms with van der Waals surface area (Å²) in [5.41, 5.74) is 0.568. The first-order valence-electron chi connectivity index (χ1n) is 6.67. The van der Waals surface area contributed by atoms with Crippen LogP contribution in [0.1, 0.15) is 17.8 Å². The zero-order valence-corrected chi connectivity index (χ0v) is 12.5. The van der Waals surface area contributed by atoms with Crippen LogP contribution in [0.3, 0.4) is 0 Å². The van der Waals surface area contributed by atoms with Gasteiger partial charge in [-0.3, -0.25) is 9.89 Å². The average molecular weight is 308 g/mol. The molecule has 1 amide bonds. The largest absolute Gasteiger partial charge is 0.355 e. The monoisotopic (exact) mass is 308 g/mol. The molecule has 0 unspecified atom stereocenters. The summed E-state index contributed by atoms with van der Waals surface area (Å²) < 4.78 is 13.4. The number of aromatic amines is 1. The summed E-state index contributed by atoms with van der Waals surface area (Å²) in [4.78, 5) is 15.8. The van der Waals surface area contributed by atoms with E-state index in [1.807, 2.05) is 6.92 Å². The van der Waals surface area contributed by atoms with E-state index in [0.717, 1.165) is 5.82 Å². The lowest BCUT2D eigenvalue weighted by Gasteiger charge is -2.05. The fourth-order valence-corrected chi connectivity index (χ4v) is 2.46. The molecule has 0 aliphatic carbocycles. The molecule has 2 rings (SSSR count). The third-order valence-electron chi connectivity index (χ3n) is 2.81. The van der Waals surface area contributed by atoms with Gasteiger partial charge in [0.25, 0.3) is 0 Å². The number of amides is 1. The Hall–Kier alpha value is -1.89. The Labute approximate surface area is 126 Å². The lowest BCUT2D eigenvalue weighted by molar-refractivity contribution is -0.120. The number of halogens is 1. The Morgan fingerprint density at radius 1 is 1.43 bits per heavy atom. The Bertz CT molecular complexity index is 602. The van der Waals surface area contributed by atoms with Crippen LogP contribution in [0.2, 0.25) is 0 Å². The number of carbonyl (C=O) groups excluding carboxylic acids is 1. The number of carbonyl (C=O) groups is 1.